The largest absolute Gasteiger partial charge is 0.431 e. The first-order chi connectivity index (χ1) is 10.9. The smallest absolute Gasteiger partial charge is 0.387 e. The van der Waals surface area contributed by atoms with Gasteiger partial charge in [-0.1, -0.05) is 6.07 Å². The van der Waals surface area contributed by atoms with Gasteiger partial charge in [0.2, 0.25) is 0 Å². The lowest BCUT2D eigenvalue weighted by Crippen LogP contribution is -2.22. The van der Waals surface area contributed by atoms with Gasteiger partial charge >= 0.3 is 13.2 Å². The molecule has 0 saturated heterocycles. The summed E-state index contributed by atoms with van der Waals surface area (Å²) in [5, 5.41) is 8.97. The third-order valence-corrected chi connectivity index (χ3v) is 3.63. The minimum absolute atomic E-state index is 0.123. The fraction of sp³-hybridized carbons (Fsp3) is 0.467. The lowest BCUT2D eigenvalue weighted by Gasteiger charge is -2.25. The van der Waals surface area contributed by atoms with Crippen LogP contribution in [0.5, 0.6) is 11.5 Å². The van der Waals surface area contributed by atoms with Crippen molar-refractivity contribution in [1.82, 2.24) is 0 Å². The van der Waals surface area contributed by atoms with Gasteiger partial charge in [0.1, 0.15) is 5.78 Å². The van der Waals surface area contributed by atoms with E-state index < -0.39 is 30.6 Å². The predicted molar refractivity (Wildman–Crippen MR) is 70.4 cm³/mol. The van der Waals surface area contributed by atoms with Gasteiger partial charge in [-0.2, -0.15) is 22.8 Å². The normalized spacial score (nSPS) is 21.3. The Morgan fingerprint density at radius 1 is 1.13 bits per heavy atom. The number of carbonyl (C=O) groups excluding carboxylic acids is 1. The van der Waals surface area contributed by atoms with Crippen LogP contribution < -0.4 is 9.47 Å². The Bertz CT molecular complexity index is 615. The molecule has 124 valence electrons. The van der Waals surface area contributed by atoms with Crippen molar-refractivity contribution in [3.05, 3.63) is 23.8 Å². The number of nitriles is 1. The Morgan fingerprint density at radius 3 is 2.39 bits per heavy atom. The number of ether oxygens (including phenoxy) is 2. The fourth-order valence-corrected chi connectivity index (χ4v) is 2.59. The van der Waals surface area contributed by atoms with Crippen molar-refractivity contribution in [1.29, 1.82) is 5.26 Å². The maximum absolute atomic E-state index is 12.4. The molecule has 2 rings (SSSR count). The molecule has 1 aliphatic carbocycles. The SMILES string of the molecule is N#CC1CCC(=O)C(c2ccc(OC(F)F)c(OC(F)F)c2)C1. The molecule has 23 heavy (non-hydrogen) atoms. The van der Waals surface area contributed by atoms with E-state index in [1.54, 1.807) is 0 Å². The van der Waals surface area contributed by atoms with Gasteiger partial charge < -0.3 is 9.47 Å². The summed E-state index contributed by atoms with van der Waals surface area (Å²) in [6, 6.07) is 5.57. The van der Waals surface area contributed by atoms with Crippen LogP contribution in [0.3, 0.4) is 0 Å². The van der Waals surface area contributed by atoms with Crippen molar-refractivity contribution in [3.8, 4) is 17.6 Å². The monoisotopic (exact) mass is 331 g/mol. The molecule has 1 saturated carbocycles. The van der Waals surface area contributed by atoms with Gasteiger partial charge in [-0.3, -0.25) is 4.79 Å². The number of hydrogen-bond donors (Lipinski definition) is 0. The molecular weight excluding hydrogens is 318 g/mol. The van der Waals surface area contributed by atoms with E-state index >= 15 is 0 Å². The molecule has 8 heteroatoms. The zero-order valence-electron chi connectivity index (χ0n) is 11.8. The average molecular weight is 331 g/mol. The fourth-order valence-electron chi connectivity index (χ4n) is 2.59. The zero-order valence-corrected chi connectivity index (χ0v) is 11.8. The molecule has 1 aromatic carbocycles. The van der Waals surface area contributed by atoms with Gasteiger partial charge in [0, 0.05) is 18.3 Å². The van der Waals surface area contributed by atoms with Crippen LogP contribution in [0.15, 0.2) is 18.2 Å². The molecule has 0 N–H and O–H groups in total. The first kappa shape index (κ1) is 17.1. The van der Waals surface area contributed by atoms with E-state index in [9.17, 15) is 22.4 Å². The van der Waals surface area contributed by atoms with Gasteiger partial charge in [-0.05, 0) is 30.5 Å². The van der Waals surface area contributed by atoms with Gasteiger partial charge in [-0.15, -0.1) is 0 Å². The number of Topliss-reactive ketones (excluding diaryl/α,β-unsaturated/α-hetero) is 1. The van der Waals surface area contributed by atoms with Crippen molar-refractivity contribution in [2.24, 2.45) is 5.92 Å². The van der Waals surface area contributed by atoms with Gasteiger partial charge in [0.15, 0.2) is 11.5 Å². The highest BCUT2D eigenvalue weighted by Gasteiger charge is 2.30. The number of rotatable bonds is 5. The Hall–Kier alpha value is -2.30. The molecule has 0 aromatic heterocycles. The molecule has 0 amide bonds. The maximum Gasteiger partial charge on any atom is 0.387 e. The number of alkyl halides is 4. The summed E-state index contributed by atoms with van der Waals surface area (Å²) in [5.41, 5.74) is 0.340. The first-order valence-corrected chi connectivity index (χ1v) is 6.86. The van der Waals surface area contributed by atoms with Crippen LogP contribution >= 0.6 is 0 Å². The summed E-state index contributed by atoms with van der Waals surface area (Å²) in [7, 11) is 0. The van der Waals surface area contributed by atoms with Crippen LogP contribution in [0.2, 0.25) is 0 Å². The highest BCUT2D eigenvalue weighted by Crippen LogP contribution is 2.38. The molecule has 2 unspecified atom stereocenters. The molecule has 2 atom stereocenters. The molecule has 0 aliphatic heterocycles. The van der Waals surface area contributed by atoms with Gasteiger partial charge in [-0.25, -0.2) is 0 Å². The second-order valence-electron chi connectivity index (χ2n) is 5.08. The highest BCUT2D eigenvalue weighted by atomic mass is 19.3. The van der Waals surface area contributed by atoms with Crippen molar-refractivity contribution in [2.75, 3.05) is 0 Å². The van der Waals surface area contributed by atoms with Crippen LogP contribution in [0.4, 0.5) is 17.6 Å². The first-order valence-electron chi connectivity index (χ1n) is 6.86. The zero-order chi connectivity index (χ0) is 17.0. The van der Waals surface area contributed by atoms with E-state index in [0.717, 1.165) is 12.1 Å². The van der Waals surface area contributed by atoms with E-state index in [1.165, 1.54) is 6.07 Å². The van der Waals surface area contributed by atoms with Crippen LogP contribution in [-0.2, 0) is 4.79 Å². The van der Waals surface area contributed by atoms with Crippen molar-refractivity contribution in [3.63, 3.8) is 0 Å². The third-order valence-electron chi connectivity index (χ3n) is 3.63. The second kappa shape index (κ2) is 7.31. The minimum Gasteiger partial charge on any atom is -0.431 e. The second-order valence-corrected chi connectivity index (χ2v) is 5.08. The summed E-state index contributed by atoms with van der Waals surface area (Å²) in [6.45, 7) is -6.42. The van der Waals surface area contributed by atoms with E-state index in [0.29, 0.717) is 12.0 Å². The number of benzene rings is 1. The summed E-state index contributed by atoms with van der Waals surface area (Å²) < 4.78 is 57.8. The number of nitrogens with zero attached hydrogens (tertiary/aromatic N) is 1. The molecule has 0 heterocycles. The quantitative estimate of drug-likeness (QED) is 0.769. The standard InChI is InChI=1S/C15H13F4NO3/c16-14(17)22-12-4-2-9(6-13(12)23-15(18)19)10-5-8(7-20)1-3-11(10)21/h2,4,6,8,10,14-15H,1,3,5H2. The molecular formula is C15H13F4NO3. The summed E-state index contributed by atoms with van der Waals surface area (Å²) in [5.74, 6) is -2.18. The molecule has 4 nitrogen and oxygen atoms in total. The summed E-state index contributed by atoms with van der Waals surface area (Å²) in [4.78, 5) is 12.0. The maximum atomic E-state index is 12.4. The van der Waals surface area contributed by atoms with Crippen LogP contribution in [0, 0.1) is 17.2 Å². The Balaban J connectivity index is 2.31. The van der Waals surface area contributed by atoms with Crippen LogP contribution in [-0.4, -0.2) is 19.0 Å². The van der Waals surface area contributed by atoms with E-state index in [1.807, 2.05) is 0 Å². The molecule has 0 radical (unpaired) electrons. The van der Waals surface area contributed by atoms with Crippen molar-refractivity contribution in [2.45, 2.75) is 38.4 Å². The minimum atomic E-state index is -3.22. The van der Waals surface area contributed by atoms with Crippen LogP contribution in [0.1, 0.15) is 30.7 Å². The van der Waals surface area contributed by atoms with Gasteiger partial charge in [0.05, 0.1) is 6.07 Å². The van der Waals surface area contributed by atoms with E-state index in [2.05, 4.69) is 15.5 Å². The molecule has 1 fully saturated rings. The molecule has 1 aromatic rings. The van der Waals surface area contributed by atoms with E-state index in [-0.39, 0.29) is 24.5 Å². The Kier molecular flexibility index (Phi) is 5.42. The number of hydrogen-bond acceptors (Lipinski definition) is 4. The predicted octanol–water partition coefficient (Wildman–Crippen LogP) is 3.87. The van der Waals surface area contributed by atoms with Crippen molar-refractivity contribution < 1.29 is 31.8 Å². The molecule has 0 bridgehead atoms. The van der Waals surface area contributed by atoms with E-state index in [4.69, 9.17) is 5.26 Å². The highest BCUT2D eigenvalue weighted by molar-refractivity contribution is 5.86. The average Bonchev–Trinajstić information content (AvgIpc) is 2.48. The Labute approximate surface area is 129 Å². The third kappa shape index (κ3) is 4.34. The lowest BCUT2D eigenvalue weighted by atomic mass is 9.77. The molecule has 1 aliphatic rings. The van der Waals surface area contributed by atoms with Crippen LogP contribution in [0.25, 0.3) is 0 Å². The summed E-state index contributed by atoms with van der Waals surface area (Å²) in [6.07, 6.45) is 0.931. The van der Waals surface area contributed by atoms with Crippen molar-refractivity contribution >= 4 is 5.78 Å². The number of carbonyl (C=O) groups is 1. The molecule has 0 spiro atoms. The Morgan fingerprint density at radius 2 is 1.78 bits per heavy atom. The summed E-state index contributed by atoms with van der Waals surface area (Å²) >= 11 is 0. The van der Waals surface area contributed by atoms with Gasteiger partial charge in [0.25, 0.3) is 0 Å². The lowest BCUT2D eigenvalue weighted by molar-refractivity contribution is -0.122. The number of ketones is 1. The number of halogens is 4. The topological polar surface area (TPSA) is 59.3 Å².